The summed E-state index contributed by atoms with van der Waals surface area (Å²) < 4.78 is 5.36. The minimum Gasteiger partial charge on any atom is -0.380 e. The van der Waals surface area contributed by atoms with Gasteiger partial charge < -0.3 is 9.64 Å². The predicted octanol–water partition coefficient (Wildman–Crippen LogP) is 0.863. The Kier molecular flexibility index (Phi) is 3.26. The summed E-state index contributed by atoms with van der Waals surface area (Å²) in [5.41, 5.74) is 2.12. The van der Waals surface area contributed by atoms with E-state index in [4.69, 9.17) is 4.74 Å². The first-order valence-corrected chi connectivity index (χ1v) is 6.81. The Hall–Kier alpha value is -1.80. The van der Waals surface area contributed by atoms with Gasteiger partial charge in [0.15, 0.2) is 0 Å². The second kappa shape index (κ2) is 5.06. The summed E-state index contributed by atoms with van der Waals surface area (Å²) in [6.45, 7) is 0.540. The maximum Gasteiger partial charge on any atom is 0.274 e. The molecule has 0 bridgehead atoms. The molecular weight excluding hydrogens is 266 g/mol. The first-order valence-electron chi connectivity index (χ1n) is 5.87. The van der Waals surface area contributed by atoms with Crippen molar-refractivity contribution in [2.45, 2.75) is 18.6 Å². The average molecular weight is 279 g/mol. The Labute approximate surface area is 113 Å². The number of ether oxygens (including phenoxy) is 1. The fourth-order valence-electron chi connectivity index (χ4n) is 2.29. The van der Waals surface area contributed by atoms with Crippen LogP contribution in [-0.2, 0) is 4.74 Å². The van der Waals surface area contributed by atoms with E-state index >= 15 is 0 Å². The molecule has 8 heteroatoms. The van der Waals surface area contributed by atoms with Crippen LogP contribution in [0, 0.1) is 0 Å². The summed E-state index contributed by atoms with van der Waals surface area (Å²) in [6, 6.07) is -0.137. The van der Waals surface area contributed by atoms with Crippen molar-refractivity contribution in [2.24, 2.45) is 0 Å². The zero-order chi connectivity index (χ0) is 13.2. The van der Waals surface area contributed by atoms with Gasteiger partial charge in [-0.1, -0.05) is 0 Å². The standard InChI is InChI=1S/C11H13N5O2S/c1-18-7-2-9(10-12-5-14-15-10)16(3-7)11(17)8-4-19-6-13-8/h4-7,9H,2-3H2,1H3,(H,12,14,15)/t7-,9+/m1/s1. The van der Waals surface area contributed by atoms with E-state index in [-0.39, 0.29) is 18.1 Å². The number of aromatic amines is 1. The van der Waals surface area contributed by atoms with Crippen molar-refractivity contribution in [1.82, 2.24) is 25.1 Å². The zero-order valence-corrected chi connectivity index (χ0v) is 11.1. The SMILES string of the molecule is CO[C@@H]1C[C@@H](c2ncn[nH]2)N(C(=O)c2cscn2)C1. The maximum absolute atomic E-state index is 12.4. The van der Waals surface area contributed by atoms with Crippen LogP contribution < -0.4 is 0 Å². The molecule has 0 aromatic carbocycles. The number of rotatable bonds is 3. The van der Waals surface area contributed by atoms with E-state index in [2.05, 4.69) is 20.2 Å². The number of carbonyl (C=O) groups excluding carboxylic acids is 1. The molecule has 1 fully saturated rings. The summed E-state index contributed by atoms with van der Waals surface area (Å²) in [5, 5.41) is 8.42. The lowest BCUT2D eigenvalue weighted by Crippen LogP contribution is -2.32. The van der Waals surface area contributed by atoms with Crippen LogP contribution in [0.3, 0.4) is 0 Å². The quantitative estimate of drug-likeness (QED) is 0.901. The highest BCUT2D eigenvalue weighted by Crippen LogP contribution is 2.32. The van der Waals surface area contributed by atoms with E-state index in [1.54, 1.807) is 22.9 Å². The minimum atomic E-state index is -0.137. The summed E-state index contributed by atoms with van der Waals surface area (Å²) in [7, 11) is 1.65. The molecule has 3 heterocycles. The first kappa shape index (κ1) is 12.2. The largest absolute Gasteiger partial charge is 0.380 e. The maximum atomic E-state index is 12.4. The second-order valence-electron chi connectivity index (χ2n) is 4.31. The molecule has 2 atom stereocenters. The van der Waals surface area contributed by atoms with Crippen LogP contribution in [0.5, 0.6) is 0 Å². The van der Waals surface area contributed by atoms with E-state index < -0.39 is 0 Å². The Bertz CT molecular complexity index is 541. The normalized spacial score (nSPS) is 22.9. The summed E-state index contributed by atoms with van der Waals surface area (Å²) in [5.74, 6) is 0.588. The van der Waals surface area contributed by atoms with Crippen LogP contribution >= 0.6 is 11.3 Å². The van der Waals surface area contributed by atoms with Gasteiger partial charge in [0.05, 0.1) is 17.7 Å². The molecule has 19 heavy (non-hydrogen) atoms. The number of hydrogen-bond donors (Lipinski definition) is 1. The molecule has 0 spiro atoms. The monoisotopic (exact) mass is 279 g/mol. The Morgan fingerprint density at radius 1 is 1.58 bits per heavy atom. The highest BCUT2D eigenvalue weighted by Gasteiger charge is 2.38. The predicted molar refractivity (Wildman–Crippen MR) is 67.7 cm³/mol. The summed E-state index contributed by atoms with van der Waals surface area (Å²) >= 11 is 1.41. The third-order valence-corrected chi connectivity index (χ3v) is 3.84. The molecule has 100 valence electrons. The molecule has 1 aliphatic heterocycles. The van der Waals surface area contributed by atoms with Crippen molar-refractivity contribution in [2.75, 3.05) is 13.7 Å². The van der Waals surface area contributed by atoms with Gasteiger partial charge in [-0.15, -0.1) is 11.3 Å². The molecular formula is C11H13N5O2S. The fraction of sp³-hybridized carbons (Fsp3) is 0.455. The van der Waals surface area contributed by atoms with Crippen LogP contribution in [-0.4, -0.2) is 50.7 Å². The third kappa shape index (κ3) is 2.24. The molecule has 2 aromatic rings. The van der Waals surface area contributed by atoms with E-state index in [9.17, 15) is 4.79 Å². The Morgan fingerprint density at radius 2 is 2.47 bits per heavy atom. The van der Waals surface area contributed by atoms with Crippen LogP contribution in [0.2, 0.25) is 0 Å². The van der Waals surface area contributed by atoms with Crippen LogP contribution in [0.1, 0.15) is 28.8 Å². The fourth-order valence-corrected chi connectivity index (χ4v) is 2.82. The van der Waals surface area contributed by atoms with Crippen molar-refractivity contribution in [3.05, 3.63) is 28.7 Å². The first-order chi connectivity index (χ1) is 9.29. The number of aromatic nitrogens is 4. The molecule has 7 nitrogen and oxygen atoms in total. The van der Waals surface area contributed by atoms with Crippen LogP contribution in [0.4, 0.5) is 0 Å². The van der Waals surface area contributed by atoms with E-state index in [1.165, 1.54) is 17.7 Å². The molecule has 1 amide bonds. The molecule has 0 saturated carbocycles. The van der Waals surface area contributed by atoms with Crippen LogP contribution in [0.15, 0.2) is 17.2 Å². The third-order valence-electron chi connectivity index (χ3n) is 3.26. The summed E-state index contributed by atoms with van der Waals surface area (Å²) in [4.78, 5) is 22.4. The molecule has 3 rings (SSSR count). The van der Waals surface area contributed by atoms with Crippen molar-refractivity contribution < 1.29 is 9.53 Å². The number of thiazole rings is 1. The number of nitrogens with one attached hydrogen (secondary N) is 1. The Balaban J connectivity index is 1.87. The number of nitrogens with zero attached hydrogens (tertiary/aromatic N) is 4. The number of carbonyl (C=O) groups is 1. The number of methoxy groups -OCH3 is 1. The van der Waals surface area contributed by atoms with E-state index in [1.807, 2.05) is 0 Å². The lowest BCUT2D eigenvalue weighted by atomic mass is 10.2. The van der Waals surface area contributed by atoms with Gasteiger partial charge in [0, 0.05) is 25.5 Å². The Morgan fingerprint density at radius 3 is 3.11 bits per heavy atom. The molecule has 2 aromatic heterocycles. The van der Waals surface area contributed by atoms with Gasteiger partial charge >= 0.3 is 0 Å². The molecule has 1 saturated heterocycles. The lowest BCUT2D eigenvalue weighted by Gasteiger charge is -2.21. The van der Waals surface area contributed by atoms with Crippen molar-refractivity contribution >= 4 is 17.2 Å². The van der Waals surface area contributed by atoms with Crippen molar-refractivity contribution in [1.29, 1.82) is 0 Å². The summed E-state index contributed by atoms with van der Waals surface area (Å²) in [6.07, 6.45) is 2.17. The number of hydrogen-bond acceptors (Lipinski definition) is 6. The highest BCUT2D eigenvalue weighted by atomic mass is 32.1. The van der Waals surface area contributed by atoms with Gasteiger partial charge in [-0.2, -0.15) is 5.10 Å². The van der Waals surface area contributed by atoms with Gasteiger partial charge in [-0.3, -0.25) is 9.89 Å². The van der Waals surface area contributed by atoms with Gasteiger partial charge in [0.1, 0.15) is 17.8 Å². The van der Waals surface area contributed by atoms with Gasteiger partial charge in [0.25, 0.3) is 5.91 Å². The molecule has 0 radical (unpaired) electrons. The van der Waals surface area contributed by atoms with Crippen molar-refractivity contribution in [3.8, 4) is 0 Å². The highest BCUT2D eigenvalue weighted by molar-refractivity contribution is 7.07. The molecule has 1 N–H and O–H groups in total. The number of H-pyrrole nitrogens is 1. The molecule has 1 aliphatic rings. The number of amides is 1. The zero-order valence-electron chi connectivity index (χ0n) is 10.3. The lowest BCUT2D eigenvalue weighted by molar-refractivity contribution is 0.0679. The smallest absolute Gasteiger partial charge is 0.274 e. The topological polar surface area (TPSA) is 84.0 Å². The molecule has 0 unspecified atom stereocenters. The second-order valence-corrected chi connectivity index (χ2v) is 5.03. The number of likely N-dealkylation sites (tertiary alicyclic amines) is 1. The van der Waals surface area contributed by atoms with Crippen LogP contribution in [0.25, 0.3) is 0 Å². The van der Waals surface area contributed by atoms with E-state index in [0.717, 1.165) is 0 Å². The minimum absolute atomic E-state index is 0.0117. The van der Waals surface area contributed by atoms with Gasteiger partial charge in [-0.05, 0) is 0 Å². The molecule has 0 aliphatic carbocycles. The van der Waals surface area contributed by atoms with Gasteiger partial charge in [0.2, 0.25) is 0 Å². The van der Waals surface area contributed by atoms with Crippen molar-refractivity contribution in [3.63, 3.8) is 0 Å². The average Bonchev–Trinajstić information content (AvgIpc) is 3.16. The van der Waals surface area contributed by atoms with E-state index in [0.29, 0.717) is 24.5 Å². The van der Waals surface area contributed by atoms with Gasteiger partial charge in [-0.25, -0.2) is 9.97 Å².